The lowest BCUT2D eigenvalue weighted by Gasteiger charge is -2.21. The summed E-state index contributed by atoms with van der Waals surface area (Å²) in [7, 11) is 2.26. The monoisotopic (exact) mass is 303 g/mol. The Bertz CT molecular complexity index is 342. The molecule has 0 spiro atoms. The fourth-order valence-corrected chi connectivity index (χ4v) is 3.91. The molecule has 1 heterocycles. The Kier molecular flexibility index (Phi) is 8.93. The summed E-state index contributed by atoms with van der Waals surface area (Å²) in [4.78, 5) is 2.47. The molecule has 126 valence electrons. The predicted molar refractivity (Wildman–Crippen MR) is 98.2 cm³/mol. The van der Waals surface area contributed by atoms with E-state index in [-0.39, 0.29) is 0 Å². The largest absolute Gasteiger partial charge is 0.306 e. The van der Waals surface area contributed by atoms with Crippen LogP contribution in [0.4, 0.5) is 0 Å². The molecule has 0 aromatic rings. The highest BCUT2D eigenvalue weighted by Gasteiger charge is 2.12. The Labute approximate surface area is 138 Å². The molecular weight excluding hydrogens is 266 g/mol. The van der Waals surface area contributed by atoms with Crippen molar-refractivity contribution in [3.63, 3.8) is 0 Å². The van der Waals surface area contributed by atoms with Crippen LogP contribution < -0.4 is 0 Å². The lowest BCUT2D eigenvalue weighted by Crippen LogP contribution is -2.20. The van der Waals surface area contributed by atoms with E-state index >= 15 is 0 Å². The highest BCUT2D eigenvalue weighted by Crippen LogP contribution is 2.27. The fraction of sp³-hybridized carbons (Fsp3) is 0.810. The first kappa shape index (κ1) is 17.8. The van der Waals surface area contributed by atoms with E-state index in [2.05, 4.69) is 30.2 Å². The summed E-state index contributed by atoms with van der Waals surface area (Å²) in [6, 6.07) is 0. The van der Waals surface area contributed by atoms with E-state index in [1.807, 2.05) is 0 Å². The maximum atomic E-state index is 2.59. The van der Waals surface area contributed by atoms with Gasteiger partial charge in [-0.3, -0.25) is 0 Å². The minimum atomic E-state index is 0.740. The van der Waals surface area contributed by atoms with Crippen molar-refractivity contribution in [2.75, 3.05) is 20.1 Å². The molecule has 0 aromatic heterocycles. The van der Waals surface area contributed by atoms with Crippen molar-refractivity contribution in [2.45, 2.75) is 83.5 Å². The van der Waals surface area contributed by atoms with Crippen LogP contribution in [0, 0.1) is 5.92 Å². The van der Waals surface area contributed by atoms with E-state index in [4.69, 9.17) is 0 Å². The van der Waals surface area contributed by atoms with E-state index < -0.39 is 0 Å². The van der Waals surface area contributed by atoms with Crippen LogP contribution in [0.1, 0.15) is 83.5 Å². The van der Waals surface area contributed by atoms with E-state index in [1.54, 1.807) is 5.57 Å². The maximum Gasteiger partial charge on any atom is 0.00131 e. The normalized spacial score (nSPS) is 27.7. The molecule has 1 aliphatic carbocycles. The Balaban J connectivity index is 2.00. The fourth-order valence-electron chi connectivity index (χ4n) is 3.91. The molecule has 2 rings (SSSR count). The zero-order valence-electron chi connectivity index (χ0n) is 14.9. The molecule has 1 heteroatoms. The molecule has 1 aliphatic heterocycles. The maximum absolute atomic E-state index is 2.59. The molecule has 0 amide bonds. The van der Waals surface area contributed by atoms with Gasteiger partial charge in [0.25, 0.3) is 0 Å². The van der Waals surface area contributed by atoms with E-state index in [0.29, 0.717) is 0 Å². The summed E-state index contributed by atoms with van der Waals surface area (Å²) >= 11 is 0. The van der Waals surface area contributed by atoms with E-state index in [9.17, 15) is 0 Å². The van der Waals surface area contributed by atoms with Gasteiger partial charge < -0.3 is 4.90 Å². The van der Waals surface area contributed by atoms with Gasteiger partial charge in [0.05, 0.1) is 0 Å². The van der Waals surface area contributed by atoms with Crippen molar-refractivity contribution < 1.29 is 0 Å². The van der Waals surface area contributed by atoms with Crippen molar-refractivity contribution in [3.05, 3.63) is 23.8 Å². The summed E-state index contributed by atoms with van der Waals surface area (Å²) < 4.78 is 0. The molecule has 1 atom stereocenters. The van der Waals surface area contributed by atoms with Gasteiger partial charge in [0, 0.05) is 13.1 Å². The number of allylic oxidation sites excluding steroid dienone is 2. The lowest BCUT2D eigenvalue weighted by atomic mass is 9.88. The third-order valence-corrected chi connectivity index (χ3v) is 5.42. The van der Waals surface area contributed by atoms with E-state index in [0.717, 1.165) is 5.92 Å². The van der Waals surface area contributed by atoms with Gasteiger partial charge >= 0.3 is 0 Å². The number of nitrogens with zero attached hydrogens (tertiary/aromatic N) is 1. The zero-order chi connectivity index (χ0) is 15.5. The van der Waals surface area contributed by atoms with Gasteiger partial charge in [0.2, 0.25) is 0 Å². The Morgan fingerprint density at radius 1 is 0.818 bits per heavy atom. The number of hydrogen-bond acceptors (Lipinski definition) is 1. The third kappa shape index (κ3) is 7.13. The van der Waals surface area contributed by atoms with Crippen molar-refractivity contribution in [3.8, 4) is 0 Å². The first-order chi connectivity index (χ1) is 10.9. The zero-order valence-corrected chi connectivity index (χ0v) is 14.9. The summed E-state index contributed by atoms with van der Waals surface area (Å²) in [6.07, 6.45) is 25.8. The molecule has 1 nitrogen and oxygen atoms in total. The Morgan fingerprint density at radius 2 is 1.45 bits per heavy atom. The Morgan fingerprint density at radius 3 is 2.23 bits per heavy atom. The smallest absolute Gasteiger partial charge is 0.00131 e. The molecule has 2 aliphatic rings. The van der Waals surface area contributed by atoms with Crippen LogP contribution in [0.15, 0.2) is 23.8 Å². The molecular formula is C21H37N. The minimum Gasteiger partial charge on any atom is -0.306 e. The molecule has 0 aromatic carbocycles. The summed E-state index contributed by atoms with van der Waals surface area (Å²) in [5.41, 5.74) is 1.76. The number of rotatable bonds is 0. The van der Waals surface area contributed by atoms with Gasteiger partial charge in [-0.25, -0.2) is 0 Å². The van der Waals surface area contributed by atoms with Crippen LogP contribution in [0.25, 0.3) is 0 Å². The van der Waals surface area contributed by atoms with Gasteiger partial charge in [0.1, 0.15) is 0 Å². The van der Waals surface area contributed by atoms with Crippen molar-refractivity contribution in [2.24, 2.45) is 5.92 Å². The molecule has 1 saturated carbocycles. The van der Waals surface area contributed by atoms with Crippen LogP contribution in [-0.2, 0) is 0 Å². The summed E-state index contributed by atoms with van der Waals surface area (Å²) in [5.74, 6) is 0.740. The molecule has 0 saturated heterocycles. The van der Waals surface area contributed by atoms with Crippen LogP contribution in [-0.4, -0.2) is 25.0 Å². The first-order valence-corrected chi connectivity index (χ1v) is 9.90. The molecule has 22 heavy (non-hydrogen) atoms. The second-order valence-electron chi connectivity index (χ2n) is 7.41. The molecule has 0 bridgehead atoms. The highest BCUT2D eigenvalue weighted by molar-refractivity contribution is 5.14. The Hall–Kier alpha value is -0.560. The standard InChI is InChI=1S/C21H37N/c1-22-18-12-11-16-20-14-9-7-5-3-2-4-6-8-10-15-21(20)17-13-19-22/h11,16-17,20H,2-10,12-15,18-19H2,1H3. The second-order valence-corrected chi connectivity index (χ2v) is 7.41. The first-order valence-electron chi connectivity index (χ1n) is 9.90. The van der Waals surface area contributed by atoms with Crippen LogP contribution in [0.3, 0.4) is 0 Å². The molecule has 1 fully saturated rings. The second kappa shape index (κ2) is 11.0. The molecule has 0 radical (unpaired) electrons. The van der Waals surface area contributed by atoms with Crippen molar-refractivity contribution in [1.29, 1.82) is 0 Å². The summed E-state index contributed by atoms with van der Waals surface area (Å²) in [6.45, 7) is 2.44. The number of hydrogen-bond donors (Lipinski definition) is 0. The molecule has 1 unspecified atom stereocenters. The highest BCUT2D eigenvalue weighted by atomic mass is 15.1. The number of fused-ring (bicyclic) bond motifs is 1. The van der Waals surface area contributed by atoms with Gasteiger partial charge in [-0.1, -0.05) is 75.2 Å². The quantitative estimate of drug-likeness (QED) is 0.488. The predicted octanol–water partition coefficient (Wildman–Crippen LogP) is 6.12. The van der Waals surface area contributed by atoms with Gasteiger partial charge in [-0.2, -0.15) is 0 Å². The van der Waals surface area contributed by atoms with Gasteiger partial charge in [-0.05, 0) is 45.1 Å². The van der Waals surface area contributed by atoms with Crippen LogP contribution >= 0.6 is 0 Å². The average Bonchev–Trinajstić information content (AvgIpc) is 2.54. The third-order valence-electron chi connectivity index (χ3n) is 5.42. The average molecular weight is 304 g/mol. The van der Waals surface area contributed by atoms with E-state index in [1.165, 1.54) is 96.6 Å². The van der Waals surface area contributed by atoms with Gasteiger partial charge in [0.15, 0.2) is 0 Å². The minimum absolute atomic E-state index is 0.740. The van der Waals surface area contributed by atoms with Crippen molar-refractivity contribution in [1.82, 2.24) is 4.90 Å². The van der Waals surface area contributed by atoms with Crippen molar-refractivity contribution >= 4 is 0 Å². The summed E-state index contributed by atoms with van der Waals surface area (Å²) in [5, 5.41) is 0. The van der Waals surface area contributed by atoms with Crippen LogP contribution in [0.5, 0.6) is 0 Å². The SMILES string of the molecule is CN1CCC=CC2CCCCCCCCCCCC2=CCC1. The topological polar surface area (TPSA) is 3.24 Å². The van der Waals surface area contributed by atoms with Crippen LogP contribution in [0.2, 0.25) is 0 Å². The van der Waals surface area contributed by atoms with Gasteiger partial charge in [-0.15, -0.1) is 0 Å². The lowest BCUT2D eigenvalue weighted by molar-refractivity contribution is 0.346. The molecule has 0 N–H and O–H groups in total.